The van der Waals surface area contributed by atoms with Crippen LogP contribution in [-0.4, -0.2) is 36.1 Å². The normalized spacial score (nSPS) is 19.1. The van der Waals surface area contributed by atoms with Crippen LogP contribution < -0.4 is 0 Å². The van der Waals surface area contributed by atoms with Crippen molar-refractivity contribution in [3.05, 3.63) is 0 Å². The van der Waals surface area contributed by atoms with Crippen LogP contribution in [-0.2, 0) is 9.53 Å². The number of carbonyl (C=O) groups is 1. The van der Waals surface area contributed by atoms with Crippen molar-refractivity contribution in [1.29, 1.82) is 0 Å². The summed E-state index contributed by atoms with van der Waals surface area (Å²) in [5.74, 6) is 0.0909. The third-order valence-electron chi connectivity index (χ3n) is 2.61. The lowest BCUT2D eigenvalue weighted by molar-refractivity contribution is -0.157. The molecule has 0 aromatic heterocycles. The molecule has 0 aromatic rings. The third kappa shape index (κ3) is 2.71. The van der Waals surface area contributed by atoms with Gasteiger partial charge in [0, 0.05) is 18.6 Å². The first-order valence-electron chi connectivity index (χ1n) is 5.37. The van der Waals surface area contributed by atoms with Gasteiger partial charge in [-0.1, -0.05) is 6.92 Å². The van der Waals surface area contributed by atoms with Crippen molar-refractivity contribution < 1.29 is 9.53 Å². The van der Waals surface area contributed by atoms with E-state index in [1.165, 1.54) is 0 Å². The lowest BCUT2D eigenvalue weighted by Crippen LogP contribution is -2.58. The molecule has 0 aromatic carbocycles. The largest absolute Gasteiger partial charge is 0.465 e. The van der Waals surface area contributed by atoms with E-state index in [-0.39, 0.29) is 17.4 Å². The first kappa shape index (κ1) is 11.5. The fraction of sp³-hybridized carbons (Fsp3) is 0.909. The molecule has 3 nitrogen and oxygen atoms in total. The summed E-state index contributed by atoms with van der Waals surface area (Å²) in [5, 5.41) is 0. The molecule has 0 atom stereocenters. The zero-order valence-corrected chi connectivity index (χ0v) is 9.67. The average molecular weight is 199 g/mol. The van der Waals surface area contributed by atoms with Crippen LogP contribution >= 0.6 is 0 Å². The van der Waals surface area contributed by atoms with Crippen molar-refractivity contribution in [2.45, 2.75) is 39.7 Å². The highest BCUT2D eigenvalue weighted by Crippen LogP contribution is 2.25. The second-order valence-corrected chi connectivity index (χ2v) is 4.94. The first-order chi connectivity index (χ1) is 6.45. The molecule has 1 aliphatic rings. The minimum atomic E-state index is -0.0210. The van der Waals surface area contributed by atoms with Gasteiger partial charge in [-0.2, -0.15) is 0 Å². The monoisotopic (exact) mass is 199 g/mol. The standard InChI is InChI=1S/C11H21NO2/c1-5-6-14-10(13)9-7-12(8-9)11(2,3)4/h9H,5-8H2,1-4H3. The van der Waals surface area contributed by atoms with Crippen LogP contribution in [0.1, 0.15) is 34.1 Å². The number of esters is 1. The highest BCUT2D eigenvalue weighted by molar-refractivity contribution is 5.74. The fourth-order valence-corrected chi connectivity index (χ4v) is 1.50. The van der Waals surface area contributed by atoms with Gasteiger partial charge in [-0.25, -0.2) is 0 Å². The van der Waals surface area contributed by atoms with Gasteiger partial charge >= 0.3 is 5.97 Å². The van der Waals surface area contributed by atoms with Crippen molar-refractivity contribution >= 4 is 5.97 Å². The maximum Gasteiger partial charge on any atom is 0.311 e. The number of rotatable bonds is 3. The minimum absolute atomic E-state index is 0.0210. The molecule has 0 amide bonds. The highest BCUT2D eigenvalue weighted by Gasteiger charge is 2.39. The van der Waals surface area contributed by atoms with E-state index < -0.39 is 0 Å². The predicted octanol–water partition coefficient (Wildman–Crippen LogP) is 1.67. The summed E-state index contributed by atoms with van der Waals surface area (Å²) in [6.45, 7) is 10.8. The van der Waals surface area contributed by atoms with E-state index in [4.69, 9.17) is 4.74 Å². The van der Waals surface area contributed by atoms with Crippen molar-refractivity contribution in [2.75, 3.05) is 19.7 Å². The highest BCUT2D eigenvalue weighted by atomic mass is 16.5. The number of hydrogen-bond acceptors (Lipinski definition) is 3. The summed E-state index contributed by atoms with van der Waals surface area (Å²) in [5.41, 5.74) is 0.182. The maximum atomic E-state index is 11.4. The number of hydrogen-bond donors (Lipinski definition) is 0. The number of carbonyl (C=O) groups excluding carboxylic acids is 1. The molecule has 1 saturated heterocycles. The smallest absolute Gasteiger partial charge is 0.311 e. The van der Waals surface area contributed by atoms with Gasteiger partial charge in [0.2, 0.25) is 0 Å². The van der Waals surface area contributed by atoms with Crippen LogP contribution in [0.2, 0.25) is 0 Å². The Morgan fingerprint density at radius 2 is 2.00 bits per heavy atom. The Bertz CT molecular complexity index is 202. The van der Waals surface area contributed by atoms with Gasteiger partial charge in [-0.05, 0) is 27.2 Å². The minimum Gasteiger partial charge on any atom is -0.465 e. The molecule has 1 heterocycles. The molecule has 1 fully saturated rings. The maximum absolute atomic E-state index is 11.4. The zero-order valence-electron chi connectivity index (χ0n) is 9.67. The Hall–Kier alpha value is -0.570. The molecule has 0 bridgehead atoms. The zero-order chi connectivity index (χ0) is 10.8. The molecule has 1 aliphatic heterocycles. The molecule has 82 valence electrons. The second kappa shape index (κ2) is 4.30. The molecule has 0 N–H and O–H groups in total. The van der Waals surface area contributed by atoms with Gasteiger partial charge in [0.05, 0.1) is 12.5 Å². The molecule has 0 unspecified atom stereocenters. The number of nitrogens with zero attached hydrogens (tertiary/aromatic N) is 1. The molecular formula is C11H21NO2. The lowest BCUT2D eigenvalue weighted by Gasteiger charge is -2.46. The summed E-state index contributed by atoms with van der Waals surface area (Å²) in [4.78, 5) is 13.7. The van der Waals surface area contributed by atoms with Crippen molar-refractivity contribution in [1.82, 2.24) is 4.90 Å². The van der Waals surface area contributed by atoms with Crippen LogP contribution in [0.3, 0.4) is 0 Å². The van der Waals surface area contributed by atoms with E-state index in [2.05, 4.69) is 25.7 Å². The van der Waals surface area contributed by atoms with Crippen molar-refractivity contribution in [2.24, 2.45) is 5.92 Å². The second-order valence-electron chi connectivity index (χ2n) is 4.94. The van der Waals surface area contributed by atoms with Crippen LogP contribution in [0.15, 0.2) is 0 Å². The number of likely N-dealkylation sites (tertiary alicyclic amines) is 1. The van der Waals surface area contributed by atoms with Gasteiger partial charge in [-0.15, -0.1) is 0 Å². The Labute approximate surface area is 86.4 Å². The average Bonchev–Trinajstić information content (AvgIpc) is 1.94. The van der Waals surface area contributed by atoms with E-state index in [9.17, 15) is 4.79 Å². The molecule has 0 aliphatic carbocycles. The SMILES string of the molecule is CCCOC(=O)C1CN(C(C)(C)C)C1. The van der Waals surface area contributed by atoms with Gasteiger partial charge in [0.15, 0.2) is 0 Å². The van der Waals surface area contributed by atoms with E-state index in [1.807, 2.05) is 6.92 Å². The van der Waals surface area contributed by atoms with Crippen molar-refractivity contribution in [3.8, 4) is 0 Å². The van der Waals surface area contributed by atoms with Gasteiger partial charge < -0.3 is 4.74 Å². The summed E-state index contributed by atoms with van der Waals surface area (Å²) >= 11 is 0. The van der Waals surface area contributed by atoms with Crippen LogP contribution in [0.5, 0.6) is 0 Å². The van der Waals surface area contributed by atoms with Crippen LogP contribution in [0, 0.1) is 5.92 Å². The Kier molecular flexibility index (Phi) is 3.53. The Balaban J connectivity index is 2.24. The lowest BCUT2D eigenvalue weighted by atomic mass is 9.93. The molecule has 0 spiro atoms. The molecule has 14 heavy (non-hydrogen) atoms. The fourth-order valence-electron chi connectivity index (χ4n) is 1.50. The predicted molar refractivity (Wildman–Crippen MR) is 56.1 cm³/mol. The van der Waals surface area contributed by atoms with Gasteiger partial charge in [0.1, 0.15) is 0 Å². The summed E-state index contributed by atoms with van der Waals surface area (Å²) in [7, 11) is 0. The van der Waals surface area contributed by atoms with E-state index >= 15 is 0 Å². The van der Waals surface area contributed by atoms with E-state index in [0.717, 1.165) is 19.5 Å². The molecule has 3 heteroatoms. The number of ether oxygens (including phenoxy) is 1. The quantitative estimate of drug-likeness (QED) is 0.648. The Morgan fingerprint density at radius 1 is 1.43 bits per heavy atom. The summed E-state index contributed by atoms with van der Waals surface area (Å²) in [6.07, 6.45) is 0.904. The van der Waals surface area contributed by atoms with E-state index in [0.29, 0.717) is 6.61 Å². The van der Waals surface area contributed by atoms with Gasteiger partial charge in [-0.3, -0.25) is 9.69 Å². The van der Waals surface area contributed by atoms with Crippen LogP contribution in [0.25, 0.3) is 0 Å². The van der Waals surface area contributed by atoms with Gasteiger partial charge in [0.25, 0.3) is 0 Å². The summed E-state index contributed by atoms with van der Waals surface area (Å²) < 4.78 is 5.09. The third-order valence-corrected chi connectivity index (χ3v) is 2.61. The topological polar surface area (TPSA) is 29.5 Å². The molecular weight excluding hydrogens is 178 g/mol. The molecule has 0 saturated carbocycles. The molecule has 1 rings (SSSR count). The Morgan fingerprint density at radius 3 is 2.43 bits per heavy atom. The molecule has 0 radical (unpaired) electrons. The first-order valence-corrected chi connectivity index (χ1v) is 5.37. The van der Waals surface area contributed by atoms with Crippen molar-refractivity contribution in [3.63, 3.8) is 0 Å². The summed E-state index contributed by atoms with van der Waals surface area (Å²) in [6, 6.07) is 0. The van der Waals surface area contributed by atoms with Crippen LogP contribution in [0.4, 0.5) is 0 Å². The van der Waals surface area contributed by atoms with E-state index in [1.54, 1.807) is 0 Å².